The van der Waals surface area contributed by atoms with Crippen molar-refractivity contribution < 1.29 is 9.53 Å². The molecule has 0 bridgehead atoms. The van der Waals surface area contributed by atoms with Crippen molar-refractivity contribution in [2.75, 3.05) is 0 Å². The Morgan fingerprint density at radius 2 is 1.46 bits per heavy atom. The van der Waals surface area contributed by atoms with Gasteiger partial charge in [0.2, 0.25) is 5.60 Å². The molecule has 4 nitrogen and oxygen atoms in total. The van der Waals surface area contributed by atoms with Gasteiger partial charge in [-0.2, -0.15) is 5.26 Å². The van der Waals surface area contributed by atoms with Gasteiger partial charge in [-0.05, 0) is 45.2 Å². The quantitative estimate of drug-likeness (QED) is 0.620. The maximum absolute atomic E-state index is 13.0. The summed E-state index contributed by atoms with van der Waals surface area (Å²) in [6.45, 7) is 7.82. The van der Waals surface area contributed by atoms with Gasteiger partial charge in [0.1, 0.15) is 6.07 Å². The Hall–Kier alpha value is -2.80. The van der Waals surface area contributed by atoms with E-state index >= 15 is 0 Å². The number of hydrogen-bond donors (Lipinski definition) is 0. The molecule has 0 aliphatic rings. The number of nitriles is 1. The highest BCUT2D eigenvalue weighted by molar-refractivity contribution is 5.69. The monoisotopic (exact) mass is 378 g/mol. The van der Waals surface area contributed by atoms with Crippen LogP contribution in [0.15, 0.2) is 60.7 Å². The summed E-state index contributed by atoms with van der Waals surface area (Å²) in [7, 11) is 0. The minimum Gasteiger partial charge on any atom is -0.427 e. The lowest BCUT2D eigenvalue weighted by Gasteiger charge is -2.34. The zero-order valence-electron chi connectivity index (χ0n) is 17.3. The van der Waals surface area contributed by atoms with Crippen molar-refractivity contribution >= 4 is 6.09 Å². The van der Waals surface area contributed by atoms with Crippen molar-refractivity contribution in [1.82, 2.24) is 4.90 Å². The molecule has 1 atom stereocenters. The minimum absolute atomic E-state index is 0.00487. The number of amides is 1. The highest BCUT2D eigenvalue weighted by Crippen LogP contribution is 2.26. The maximum atomic E-state index is 13.0. The number of nitrogens with zero attached hydrogens (tertiary/aromatic N) is 2. The SMILES string of the molecule is CC(C)N(C(=O)OC(C#N)(CCc1ccccc1)Cc1ccccc1)C(C)C. The van der Waals surface area contributed by atoms with Crippen LogP contribution in [0.5, 0.6) is 0 Å². The first-order valence-electron chi connectivity index (χ1n) is 9.87. The molecular weight excluding hydrogens is 348 g/mol. The lowest BCUT2D eigenvalue weighted by atomic mass is 9.89. The first-order valence-corrected chi connectivity index (χ1v) is 9.87. The van der Waals surface area contributed by atoms with Crippen LogP contribution in [0.2, 0.25) is 0 Å². The van der Waals surface area contributed by atoms with Crippen LogP contribution in [0.1, 0.15) is 45.2 Å². The second-order valence-electron chi connectivity index (χ2n) is 7.72. The number of carbonyl (C=O) groups is 1. The highest BCUT2D eigenvalue weighted by atomic mass is 16.6. The van der Waals surface area contributed by atoms with Crippen LogP contribution in [-0.2, 0) is 17.6 Å². The first-order chi connectivity index (χ1) is 13.4. The van der Waals surface area contributed by atoms with Crippen LogP contribution >= 0.6 is 0 Å². The molecule has 1 unspecified atom stereocenters. The first kappa shape index (κ1) is 21.5. The lowest BCUT2D eigenvalue weighted by Crippen LogP contribution is -2.47. The molecule has 1 amide bonds. The second kappa shape index (κ2) is 9.94. The molecule has 2 aromatic rings. The Kier molecular flexibility index (Phi) is 7.63. The van der Waals surface area contributed by atoms with Gasteiger partial charge in [0.25, 0.3) is 0 Å². The Morgan fingerprint density at radius 1 is 0.964 bits per heavy atom. The van der Waals surface area contributed by atoms with Crippen LogP contribution in [0.3, 0.4) is 0 Å². The Balaban J connectivity index is 2.28. The minimum atomic E-state index is -1.21. The molecule has 0 N–H and O–H groups in total. The lowest BCUT2D eigenvalue weighted by molar-refractivity contribution is 0.00810. The fourth-order valence-electron chi connectivity index (χ4n) is 3.45. The van der Waals surface area contributed by atoms with Crippen LogP contribution in [-0.4, -0.2) is 28.7 Å². The predicted molar refractivity (Wildman–Crippen MR) is 112 cm³/mol. The molecule has 2 rings (SSSR count). The summed E-state index contributed by atoms with van der Waals surface area (Å²) in [5.41, 5.74) is 0.886. The van der Waals surface area contributed by atoms with Crippen LogP contribution < -0.4 is 0 Å². The van der Waals surface area contributed by atoms with E-state index in [1.807, 2.05) is 88.4 Å². The van der Waals surface area contributed by atoms with Crippen LogP contribution in [0, 0.1) is 11.3 Å². The average molecular weight is 379 g/mol. The zero-order chi connectivity index (χ0) is 20.6. The van der Waals surface area contributed by atoms with E-state index in [1.54, 1.807) is 4.90 Å². The van der Waals surface area contributed by atoms with Crippen molar-refractivity contribution in [2.24, 2.45) is 0 Å². The Bertz CT molecular complexity index is 773. The fourth-order valence-corrected chi connectivity index (χ4v) is 3.45. The molecule has 0 saturated heterocycles. The normalized spacial score (nSPS) is 13.0. The molecule has 0 radical (unpaired) electrons. The van der Waals surface area contributed by atoms with Gasteiger partial charge in [0.05, 0.1) is 0 Å². The number of aryl methyl sites for hydroxylation is 1. The summed E-state index contributed by atoms with van der Waals surface area (Å²) < 4.78 is 5.92. The molecule has 0 spiro atoms. The molecule has 0 fully saturated rings. The molecular formula is C24H30N2O2. The summed E-state index contributed by atoms with van der Waals surface area (Å²) in [5.74, 6) is 0. The van der Waals surface area contributed by atoms with Gasteiger partial charge in [-0.3, -0.25) is 0 Å². The zero-order valence-corrected chi connectivity index (χ0v) is 17.3. The van der Waals surface area contributed by atoms with Gasteiger partial charge in [-0.15, -0.1) is 0 Å². The molecule has 148 valence electrons. The number of ether oxygens (including phenoxy) is 1. The molecule has 4 heteroatoms. The van der Waals surface area contributed by atoms with E-state index in [4.69, 9.17) is 4.74 Å². The van der Waals surface area contributed by atoms with Crippen molar-refractivity contribution in [3.05, 3.63) is 71.8 Å². The van der Waals surface area contributed by atoms with E-state index in [-0.39, 0.29) is 12.1 Å². The van der Waals surface area contributed by atoms with Crippen molar-refractivity contribution in [2.45, 2.75) is 64.6 Å². The summed E-state index contributed by atoms with van der Waals surface area (Å²) >= 11 is 0. The van der Waals surface area contributed by atoms with Gasteiger partial charge in [-0.1, -0.05) is 60.7 Å². The topological polar surface area (TPSA) is 53.3 Å². The fraction of sp³-hybridized carbons (Fsp3) is 0.417. The predicted octanol–water partition coefficient (Wildman–Crippen LogP) is 5.38. The molecule has 0 aromatic heterocycles. The molecule has 28 heavy (non-hydrogen) atoms. The third-order valence-electron chi connectivity index (χ3n) is 4.80. The largest absolute Gasteiger partial charge is 0.427 e. The van der Waals surface area contributed by atoms with Gasteiger partial charge < -0.3 is 9.64 Å². The van der Waals surface area contributed by atoms with E-state index in [1.165, 1.54) is 0 Å². The standard InChI is InChI=1S/C24H30N2O2/c1-19(2)26(20(3)4)23(27)28-24(18-25,17-22-13-9-6-10-14-22)16-15-21-11-7-5-8-12-21/h5-14,19-20H,15-17H2,1-4H3. The summed E-state index contributed by atoms with van der Waals surface area (Å²) in [5, 5.41) is 10.1. The van der Waals surface area contributed by atoms with E-state index in [9.17, 15) is 10.1 Å². The maximum Gasteiger partial charge on any atom is 0.411 e. The van der Waals surface area contributed by atoms with E-state index in [0.717, 1.165) is 11.1 Å². The molecule has 0 saturated carbocycles. The third-order valence-corrected chi connectivity index (χ3v) is 4.80. The smallest absolute Gasteiger partial charge is 0.411 e. The van der Waals surface area contributed by atoms with E-state index in [2.05, 4.69) is 6.07 Å². The van der Waals surface area contributed by atoms with Crippen molar-refractivity contribution in [1.29, 1.82) is 5.26 Å². The van der Waals surface area contributed by atoms with Crippen LogP contribution in [0.25, 0.3) is 0 Å². The summed E-state index contributed by atoms with van der Waals surface area (Å²) in [6.07, 6.45) is 1.04. The summed E-state index contributed by atoms with van der Waals surface area (Å²) in [6, 6.07) is 22.0. The number of carbonyl (C=O) groups excluding carboxylic acids is 1. The van der Waals surface area contributed by atoms with Crippen molar-refractivity contribution in [3.63, 3.8) is 0 Å². The van der Waals surface area contributed by atoms with Gasteiger partial charge in [-0.25, -0.2) is 4.79 Å². The average Bonchev–Trinajstić information content (AvgIpc) is 2.67. The molecule has 0 heterocycles. The number of rotatable bonds is 8. The van der Waals surface area contributed by atoms with Crippen LogP contribution in [0.4, 0.5) is 4.79 Å². The molecule has 0 aliphatic carbocycles. The van der Waals surface area contributed by atoms with Gasteiger partial charge in [0, 0.05) is 24.9 Å². The number of benzene rings is 2. The van der Waals surface area contributed by atoms with Gasteiger partial charge >= 0.3 is 6.09 Å². The molecule has 0 aliphatic heterocycles. The van der Waals surface area contributed by atoms with E-state index in [0.29, 0.717) is 19.3 Å². The highest BCUT2D eigenvalue weighted by Gasteiger charge is 2.37. The van der Waals surface area contributed by atoms with E-state index < -0.39 is 11.7 Å². The Morgan fingerprint density at radius 3 is 1.93 bits per heavy atom. The summed E-state index contributed by atoms with van der Waals surface area (Å²) in [4.78, 5) is 14.6. The number of hydrogen-bond acceptors (Lipinski definition) is 3. The third kappa shape index (κ3) is 5.85. The van der Waals surface area contributed by atoms with Crippen molar-refractivity contribution in [3.8, 4) is 6.07 Å². The second-order valence-corrected chi connectivity index (χ2v) is 7.72. The Labute approximate surface area is 168 Å². The van der Waals surface area contributed by atoms with Gasteiger partial charge in [0.15, 0.2) is 0 Å². The molecule has 2 aromatic carbocycles.